The highest BCUT2D eigenvalue weighted by Crippen LogP contribution is 2.02. The second kappa shape index (κ2) is 7.50. The summed E-state index contributed by atoms with van der Waals surface area (Å²) in [4.78, 5) is 11.5. The van der Waals surface area contributed by atoms with Gasteiger partial charge in [0.05, 0.1) is 6.10 Å². The van der Waals surface area contributed by atoms with Crippen molar-refractivity contribution < 1.29 is 14.6 Å². The number of nitrogens with one attached hydrogen (secondary N) is 1. The highest BCUT2D eigenvalue weighted by atomic mass is 16.5. The minimum absolute atomic E-state index is 0.165. The van der Waals surface area contributed by atoms with Crippen molar-refractivity contribution in [2.24, 2.45) is 0 Å². The van der Waals surface area contributed by atoms with Crippen LogP contribution in [0.1, 0.15) is 18.9 Å². The number of alkyl carbamates (subject to hydrolysis) is 1. The average Bonchev–Trinajstić information content (AvgIpc) is 2.37. The highest BCUT2D eigenvalue weighted by molar-refractivity contribution is 5.67. The number of carbonyl (C=O) groups excluding carboxylic acids is 1. The van der Waals surface area contributed by atoms with Crippen molar-refractivity contribution >= 4 is 6.09 Å². The van der Waals surface area contributed by atoms with Crippen LogP contribution in [0.5, 0.6) is 0 Å². The van der Waals surface area contributed by atoms with E-state index in [-0.39, 0.29) is 12.6 Å². The van der Waals surface area contributed by atoms with Gasteiger partial charge in [0, 0.05) is 6.04 Å². The Morgan fingerprint density at radius 3 is 2.78 bits per heavy atom. The molecule has 18 heavy (non-hydrogen) atoms. The van der Waals surface area contributed by atoms with Gasteiger partial charge >= 0.3 is 6.09 Å². The third-order valence-corrected chi connectivity index (χ3v) is 2.44. The van der Waals surface area contributed by atoms with Crippen LogP contribution in [0.25, 0.3) is 0 Å². The van der Waals surface area contributed by atoms with Gasteiger partial charge in [-0.15, -0.1) is 6.58 Å². The number of rotatable bonds is 6. The lowest BCUT2D eigenvalue weighted by molar-refractivity contribution is 0.131. The zero-order valence-corrected chi connectivity index (χ0v) is 10.5. The second-order valence-corrected chi connectivity index (χ2v) is 4.15. The summed E-state index contributed by atoms with van der Waals surface area (Å²) in [5.74, 6) is 0. The number of amides is 1. The fraction of sp³-hybridized carbons (Fsp3) is 0.357. The maximum absolute atomic E-state index is 11.5. The van der Waals surface area contributed by atoms with Crippen molar-refractivity contribution in [2.75, 3.05) is 0 Å². The summed E-state index contributed by atoms with van der Waals surface area (Å²) in [6.07, 6.45) is 0.759. The Labute approximate surface area is 107 Å². The first-order chi connectivity index (χ1) is 8.61. The lowest BCUT2D eigenvalue weighted by atomic mass is 10.1. The molecule has 98 valence electrons. The standard InChI is InChI=1S/C14H19NO3/c1-3-13(16)9-11(2)15-14(17)18-10-12-7-5-4-6-8-12/h3-8,11,13,16H,1,9-10H2,2H3,(H,15,17)/t11-,13+/m0/s1. The number of benzene rings is 1. The molecular formula is C14H19NO3. The molecular weight excluding hydrogens is 230 g/mol. The van der Waals surface area contributed by atoms with Gasteiger partial charge in [-0.25, -0.2) is 4.79 Å². The molecule has 0 saturated heterocycles. The van der Waals surface area contributed by atoms with E-state index in [1.54, 1.807) is 6.92 Å². The molecule has 0 radical (unpaired) electrons. The third kappa shape index (κ3) is 5.50. The number of hydrogen-bond donors (Lipinski definition) is 2. The van der Waals surface area contributed by atoms with Crippen molar-refractivity contribution in [3.05, 3.63) is 48.6 Å². The van der Waals surface area contributed by atoms with Gasteiger partial charge in [0.1, 0.15) is 6.61 Å². The Bertz CT molecular complexity index is 378. The molecule has 0 spiro atoms. The van der Waals surface area contributed by atoms with Crippen LogP contribution in [0.3, 0.4) is 0 Å². The fourth-order valence-corrected chi connectivity index (χ4v) is 1.48. The van der Waals surface area contributed by atoms with Crippen molar-refractivity contribution in [3.63, 3.8) is 0 Å². The van der Waals surface area contributed by atoms with Gasteiger partial charge in [0.2, 0.25) is 0 Å². The number of aliphatic hydroxyl groups excluding tert-OH is 1. The monoisotopic (exact) mass is 249 g/mol. The topological polar surface area (TPSA) is 58.6 Å². The minimum atomic E-state index is -0.616. The molecule has 1 amide bonds. The summed E-state index contributed by atoms with van der Waals surface area (Å²) in [7, 11) is 0. The summed E-state index contributed by atoms with van der Waals surface area (Å²) in [6, 6.07) is 9.29. The van der Waals surface area contributed by atoms with Crippen LogP contribution in [0.2, 0.25) is 0 Å². The SMILES string of the molecule is C=C[C@@H](O)C[C@H](C)NC(=O)OCc1ccccc1. The van der Waals surface area contributed by atoms with Gasteiger partial charge in [-0.05, 0) is 18.9 Å². The lowest BCUT2D eigenvalue weighted by Crippen LogP contribution is -2.35. The van der Waals surface area contributed by atoms with E-state index in [9.17, 15) is 9.90 Å². The predicted octanol–water partition coefficient (Wildman–Crippen LogP) is 2.24. The summed E-state index contributed by atoms with van der Waals surface area (Å²) in [6.45, 7) is 5.52. The largest absolute Gasteiger partial charge is 0.445 e. The maximum atomic E-state index is 11.5. The third-order valence-electron chi connectivity index (χ3n) is 2.44. The molecule has 0 unspecified atom stereocenters. The Balaban J connectivity index is 2.27. The molecule has 1 aromatic rings. The van der Waals surface area contributed by atoms with E-state index in [4.69, 9.17) is 4.74 Å². The van der Waals surface area contributed by atoms with Crippen molar-refractivity contribution in [1.29, 1.82) is 0 Å². The van der Waals surface area contributed by atoms with Crippen LogP contribution in [-0.2, 0) is 11.3 Å². The smallest absolute Gasteiger partial charge is 0.407 e. The van der Waals surface area contributed by atoms with E-state index < -0.39 is 12.2 Å². The zero-order valence-electron chi connectivity index (χ0n) is 10.5. The van der Waals surface area contributed by atoms with Gasteiger partial charge in [0.25, 0.3) is 0 Å². The van der Waals surface area contributed by atoms with E-state index >= 15 is 0 Å². The quantitative estimate of drug-likeness (QED) is 0.760. The van der Waals surface area contributed by atoms with Crippen LogP contribution < -0.4 is 5.32 Å². The Morgan fingerprint density at radius 2 is 2.17 bits per heavy atom. The molecule has 0 fully saturated rings. The maximum Gasteiger partial charge on any atom is 0.407 e. The summed E-state index contributed by atoms with van der Waals surface area (Å²) >= 11 is 0. The van der Waals surface area contributed by atoms with Crippen LogP contribution in [0.4, 0.5) is 4.79 Å². The van der Waals surface area contributed by atoms with E-state index in [0.29, 0.717) is 6.42 Å². The molecule has 0 aromatic heterocycles. The number of hydrogen-bond acceptors (Lipinski definition) is 3. The van der Waals surface area contributed by atoms with Gasteiger partial charge in [-0.2, -0.15) is 0 Å². The minimum Gasteiger partial charge on any atom is -0.445 e. The molecule has 0 saturated carbocycles. The number of carbonyl (C=O) groups is 1. The molecule has 0 aliphatic heterocycles. The Kier molecular flexibility index (Phi) is 5.94. The van der Waals surface area contributed by atoms with Gasteiger partial charge < -0.3 is 15.2 Å². The molecule has 1 aromatic carbocycles. The van der Waals surface area contributed by atoms with E-state index in [1.165, 1.54) is 6.08 Å². The first-order valence-corrected chi connectivity index (χ1v) is 5.89. The molecule has 2 atom stereocenters. The Hall–Kier alpha value is -1.81. The molecule has 1 rings (SSSR count). The molecule has 0 bridgehead atoms. The average molecular weight is 249 g/mol. The molecule has 4 nitrogen and oxygen atoms in total. The zero-order chi connectivity index (χ0) is 13.4. The van der Waals surface area contributed by atoms with Crippen LogP contribution in [0.15, 0.2) is 43.0 Å². The molecule has 0 aliphatic rings. The molecule has 2 N–H and O–H groups in total. The summed E-state index contributed by atoms with van der Waals surface area (Å²) in [5.41, 5.74) is 0.937. The van der Waals surface area contributed by atoms with E-state index in [1.807, 2.05) is 30.3 Å². The molecule has 0 heterocycles. The van der Waals surface area contributed by atoms with Crippen LogP contribution >= 0.6 is 0 Å². The molecule has 0 aliphatic carbocycles. The fourth-order valence-electron chi connectivity index (χ4n) is 1.48. The summed E-state index contributed by atoms with van der Waals surface area (Å²) in [5, 5.41) is 12.0. The lowest BCUT2D eigenvalue weighted by Gasteiger charge is -2.15. The van der Waals surface area contributed by atoms with Crippen LogP contribution in [-0.4, -0.2) is 23.3 Å². The summed E-state index contributed by atoms with van der Waals surface area (Å²) < 4.78 is 5.06. The van der Waals surface area contributed by atoms with Crippen molar-refractivity contribution in [2.45, 2.75) is 32.1 Å². The first kappa shape index (κ1) is 14.3. The number of aliphatic hydroxyl groups is 1. The Morgan fingerprint density at radius 1 is 1.50 bits per heavy atom. The molecule has 4 heteroatoms. The van der Waals surface area contributed by atoms with Crippen molar-refractivity contribution in [3.8, 4) is 0 Å². The second-order valence-electron chi connectivity index (χ2n) is 4.15. The van der Waals surface area contributed by atoms with E-state index in [0.717, 1.165) is 5.56 Å². The van der Waals surface area contributed by atoms with Gasteiger partial charge in [-0.1, -0.05) is 36.4 Å². The van der Waals surface area contributed by atoms with Crippen LogP contribution in [0, 0.1) is 0 Å². The number of ether oxygens (including phenoxy) is 1. The van der Waals surface area contributed by atoms with Gasteiger partial charge in [0.15, 0.2) is 0 Å². The highest BCUT2D eigenvalue weighted by Gasteiger charge is 2.11. The van der Waals surface area contributed by atoms with E-state index in [2.05, 4.69) is 11.9 Å². The predicted molar refractivity (Wildman–Crippen MR) is 70.0 cm³/mol. The van der Waals surface area contributed by atoms with Gasteiger partial charge in [-0.3, -0.25) is 0 Å². The normalized spacial score (nSPS) is 13.4. The first-order valence-electron chi connectivity index (χ1n) is 5.89. The van der Waals surface area contributed by atoms with Crippen molar-refractivity contribution in [1.82, 2.24) is 5.32 Å².